The lowest BCUT2D eigenvalue weighted by atomic mass is 10.2. The predicted molar refractivity (Wildman–Crippen MR) is 113 cm³/mol. The molecule has 1 unspecified atom stereocenters. The van der Waals surface area contributed by atoms with E-state index < -0.39 is 6.10 Å². The third-order valence-electron chi connectivity index (χ3n) is 4.70. The summed E-state index contributed by atoms with van der Waals surface area (Å²) in [6.07, 6.45) is -0.676. The van der Waals surface area contributed by atoms with E-state index in [0.717, 1.165) is 28.4 Å². The number of nitrogens with zero attached hydrogens (tertiary/aromatic N) is 2. The summed E-state index contributed by atoms with van der Waals surface area (Å²) in [5.41, 5.74) is 3.02. The fourth-order valence-electron chi connectivity index (χ4n) is 3.19. The maximum atomic E-state index is 10.6. The van der Waals surface area contributed by atoms with Gasteiger partial charge in [-0.2, -0.15) is 0 Å². The molecule has 0 bridgehead atoms. The number of benzene rings is 3. The Kier molecular flexibility index (Phi) is 5.77. The van der Waals surface area contributed by atoms with Gasteiger partial charge >= 0.3 is 0 Å². The first-order chi connectivity index (χ1) is 14.2. The Bertz CT molecular complexity index is 1060. The molecule has 4 rings (SSSR count). The van der Waals surface area contributed by atoms with Crippen molar-refractivity contribution >= 4 is 11.0 Å². The highest BCUT2D eigenvalue weighted by Gasteiger charge is 2.15. The molecule has 0 saturated carbocycles. The average Bonchev–Trinajstić information content (AvgIpc) is 3.10. The fraction of sp³-hybridized carbons (Fsp3) is 0.208. The zero-order valence-corrected chi connectivity index (χ0v) is 16.4. The second kappa shape index (κ2) is 8.80. The Hall–Kier alpha value is -3.31. The largest absolute Gasteiger partial charge is 0.491 e. The minimum absolute atomic E-state index is 0.203. The topological polar surface area (TPSA) is 56.5 Å². The molecule has 0 aliphatic heterocycles. The molecule has 5 nitrogen and oxygen atoms in total. The molecule has 0 aliphatic rings. The maximum absolute atomic E-state index is 10.6. The van der Waals surface area contributed by atoms with Crippen LogP contribution in [0.5, 0.6) is 11.5 Å². The first kappa shape index (κ1) is 19.0. The first-order valence-electron chi connectivity index (χ1n) is 9.68. The number of aliphatic hydroxyl groups is 1. The van der Waals surface area contributed by atoms with Crippen LogP contribution in [0.3, 0.4) is 0 Å². The van der Waals surface area contributed by atoms with Gasteiger partial charge in [0.2, 0.25) is 0 Å². The van der Waals surface area contributed by atoms with E-state index in [9.17, 15) is 5.11 Å². The lowest BCUT2D eigenvalue weighted by Gasteiger charge is -2.16. The van der Waals surface area contributed by atoms with E-state index >= 15 is 0 Å². The number of aryl methyl sites for hydroxylation is 1. The molecule has 1 atom stereocenters. The van der Waals surface area contributed by atoms with Gasteiger partial charge in [-0.15, -0.1) is 0 Å². The van der Waals surface area contributed by atoms with Crippen molar-refractivity contribution in [2.75, 3.05) is 6.61 Å². The fourth-order valence-corrected chi connectivity index (χ4v) is 3.19. The van der Waals surface area contributed by atoms with Gasteiger partial charge in [-0.3, -0.25) is 0 Å². The van der Waals surface area contributed by atoms with Gasteiger partial charge in [0.1, 0.15) is 36.6 Å². The van der Waals surface area contributed by atoms with Gasteiger partial charge in [0.05, 0.1) is 17.6 Å². The minimum atomic E-state index is -0.676. The molecule has 29 heavy (non-hydrogen) atoms. The zero-order chi connectivity index (χ0) is 20.1. The van der Waals surface area contributed by atoms with E-state index in [-0.39, 0.29) is 6.61 Å². The van der Waals surface area contributed by atoms with Crippen molar-refractivity contribution in [2.45, 2.75) is 26.2 Å². The first-order valence-corrected chi connectivity index (χ1v) is 9.68. The molecule has 0 spiro atoms. The van der Waals surface area contributed by atoms with Gasteiger partial charge in [0, 0.05) is 0 Å². The van der Waals surface area contributed by atoms with Crippen LogP contribution in [0.1, 0.15) is 11.4 Å². The quantitative estimate of drug-likeness (QED) is 0.487. The van der Waals surface area contributed by atoms with Gasteiger partial charge in [-0.1, -0.05) is 48.0 Å². The van der Waals surface area contributed by atoms with Crippen molar-refractivity contribution in [3.05, 3.63) is 90.3 Å². The molecule has 0 amide bonds. The van der Waals surface area contributed by atoms with Gasteiger partial charge in [-0.25, -0.2) is 4.98 Å². The third kappa shape index (κ3) is 4.76. The molecule has 1 N–H and O–H groups in total. The van der Waals surface area contributed by atoms with E-state index in [2.05, 4.69) is 0 Å². The van der Waals surface area contributed by atoms with Crippen molar-refractivity contribution in [3.8, 4) is 11.5 Å². The number of aliphatic hydroxyl groups excluding tert-OH is 1. The number of para-hydroxylation sites is 3. The van der Waals surface area contributed by atoms with E-state index in [0.29, 0.717) is 13.2 Å². The Balaban J connectivity index is 1.48. The second-order valence-electron chi connectivity index (χ2n) is 7.01. The van der Waals surface area contributed by atoms with Gasteiger partial charge in [0.25, 0.3) is 0 Å². The van der Waals surface area contributed by atoms with Crippen molar-refractivity contribution in [1.82, 2.24) is 9.55 Å². The molecule has 3 aromatic carbocycles. The molecule has 1 heterocycles. The Morgan fingerprint density at radius 1 is 0.862 bits per heavy atom. The SMILES string of the molecule is Cc1ccc(OCC(O)Cn2c(COc3ccccc3)nc3ccccc32)cc1. The van der Waals surface area contributed by atoms with Crippen LogP contribution < -0.4 is 9.47 Å². The summed E-state index contributed by atoms with van der Waals surface area (Å²) in [6, 6.07) is 25.3. The van der Waals surface area contributed by atoms with Gasteiger partial charge in [0.15, 0.2) is 0 Å². The highest BCUT2D eigenvalue weighted by Crippen LogP contribution is 2.19. The molecule has 0 saturated heterocycles. The Labute approximate surface area is 170 Å². The van der Waals surface area contributed by atoms with Crippen molar-refractivity contribution < 1.29 is 14.6 Å². The van der Waals surface area contributed by atoms with Gasteiger partial charge in [-0.05, 0) is 43.3 Å². The molecule has 4 aromatic rings. The van der Waals surface area contributed by atoms with Crippen molar-refractivity contribution in [1.29, 1.82) is 0 Å². The summed E-state index contributed by atoms with van der Waals surface area (Å²) in [5, 5.41) is 10.6. The van der Waals surface area contributed by atoms with Crippen LogP contribution in [0.4, 0.5) is 0 Å². The lowest BCUT2D eigenvalue weighted by molar-refractivity contribution is 0.0917. The maximum Gasteiger partial charge on any atom is 0.148 e. The number of fused-ring (bicyclic) bond motifs is 1. The molecule has 5 heteroatoms. The summed E-state index contributed by atoms with van der Waals surface area (Å²) >= 11 is 0. The molecular weight excluding hydrogens is 364 g/mol. The number of aromatic nitrogens is 2. The summed E-state index contributed by atoms with van der Waals surface area (Å²) in [5.74, 6) is 2.30. The summed E-state index contributed by atoms with van der Waals surface area (Å²) in [6.45, 7) is 2.93. The standard InChI is InChI=1S/C24H24N2O3/c1-18-11-13-21(14-12-18)28-16-19(27)15-26-23-10-6-5-9-22(23)25-24(26)17-29-20-7-3-2-4-8-20/h2-14,19,27H,15-17H2,1H3. The van der Waals surface area contributed by atoms with Crippen molar-refractivity contribution in [3.63, 3.8) is 0 Å². The van der Waals surface area contributed by atoms with E-state index in [1.54, 1.807) is 0 Å². The lowest BCUT2D eigenvalue weighted by Crippen LogP contribution is -2.25. The smallest absolute Gasteiger partial charge is 0.148 e. The van der Waals surface area contributed by atoms with Crippen LogP contribution in [0.2, 0.25) is 0 Å². The van der Waals surface area contributed by atoms with E-state index in [1.807, 2.05) is 90.4 Å². The Morgan fingerprint density at radius 2 is 1.55 bits per heavy atom. The highest BCUT2D eigenvalue weighted by atomic mass is 16.5. The van der Waals surface area contributed by atoms with Gasteiger partial charge < -0.3 is 19.1 Å². The van der Waals surface area contributed by atoms with Crippen LogP contribution in [0, 0.1) is 6.92 Å². The summed E-state index contributed by atoms with van der Waals surface area (Å²) in [4.78, 5) is 4.69. The van der Waals surface area contributed by atoms with E-state index in [4.69, 9.17) is 14.5 Å². The molecule has 0 radical (unpaired) electrons. The number of hydrogen-bond acceptors (Lipinski definition) is 4. The van der Waals surface area contributed by atoms with Crippen LogP contribution >= 0.6 is 0 Å². The van der Waals surface area contributed by atoms with E-state index in [1.165, 1.54) is 5.56 Å². The highest BCUT2D eigenvalue weighted by molar-refractivity contribution is 5.75. The molecule has 0 aliphatic carbocycles. The summed E-state index contributed by atoms with van der Waals surface area (Å²) < 4.78 is 13.6. The van der Waals surface area contributed by atoms with Crippen LogP contribution in [0.25, 0.3) is 11.0 Å². The molecular formula is C24H24N2O3. The third-order valence-corrected chi connectivity index (χ3v) is 4.70. The predicted octanol–water partition coefficient (Wildman–Crippen LogP) is 4.36. The van der Waals surface area contributed by atoms with Crippen molar-refractivity contribution in [2.24, 2.45) is 0 Å². The number of rotatable bonds is 8. The number of imidazole rings is 1. The minimum Gasteiger partial charge on any atom is -0.491 e. The number of ether oxygens (including phenoxy) is 2. The molecule has 148 valence electrons. The molecule has 0 fully saturated rings. The van der Waals surface area contributed by atoms with Crippen LogP contribution in [0.15, 0.2) is 78.9 Å². The molecule has 1 aromatic heterocycles. The zero-order valence-electron chi connectivity index (χ0n) is 16.4. The normalized spacial score (nSPS) is 12.1. The number of hydrogen-bond donors (Lipinski definition) is 1. The average molecular weight is 388 g/mol. The second-order valence-corrected chi connectivity index (χ2v) is 7.01. The summed E-state index contributed by atoms with van der Waals surface area (Å²) in [7, 11) is 0. The van der Waals surface area contributed by atoms with Crippen LogP contribution in [-0.4, -0.2) is 27.4 Å². The Morgan fingerprint density at radius 3 is 2.34 bits per heavy atom. The monoisotopic (exact) mass is 388 g/mol. The van der Waals surface area contributed by atoms with Crippen LogP contribution in [-0.2, 0) is 13.2 Å².